The van der Waals surface area contributed by atoms with Crippen molar-refractivity contribution in [1.82, 2.24) is 4.90 Å². The molecule has 22 heavy (non-hydrogen) atoms. The van der Waals surface area contributed by atoms with Crippen LogP contribution in [0.5, 0.6) is 0 Å². The molecule has 1 aliphatic rings. The summed E-state index contributed by atoms with van der Waals surface area (Å²) in [4.78, 5) is 14.8. The third kappa shape index (κ3) is 4.39. The molecule has 0 amide bonds. The number of nitro benzene ring substituents is 1. The van der Waals surface area contributed by atoms with Gasteiger partial charge < -0.3 is 4.90 Å². The molecule has 1 fully saturated rings. The number of piperazine rings is 1. The van der Waals surface area contributed by atoms with Crippen LogP contribution in [0.1, 0.15) is 5.56 Å². The van der Waals surface area contributed by atoms with Crippen molar-refractivity contribution >= 4 is 21.4 Å². The quantitative estimate of drug-likeness (QED) is 0.615. The highest BCUT2D eigenvalue weighted by molar-refractivity contribution is 7.89. The lowest BCUT2D eigenvalue weighted by atomic mass is 10.1. The number of hydrogen-bond acceptors (Lipinski definition) is 6. The molecule has 0 spiro atoms. The fourth-order valence-electron chi connectivity index (χ4n) is 2.52. The van der Waals surface area contributed by atoms with Gasteiger partial charge in [-0.2, -0.15) is 0 Å². The number of nitro groups is 1. The molecule has 1 saturated heterocycles. The van der Waals surface area contributed by atoms with Gasteiger partial charge in [-0.05, 0) is 18.6 Å². The standard InChI is InChI=1S/C13H20N4O4S/c1-11-2-3-12(13(10-11)17(18)19)16-6-4-15(5-7-16)8-9-22(14,20)21/h2-3,10H,4-9H2,1H3,(H2,14,20,21). The zero-order valence-corrected chi connectivity index (χ0v) is 13.3. The first-order valence-corrected chi connectivity index (χ1v) is 8.70. The second kappa shape index (κ2) is 6.59. The Morgan fingerprint density at radius 2 is 1.91 bits per heavy atom. The van der Waals surface area contributed by atoms with Gasteiger partial charge in [-0.3, -0.25) is 15.0 Å². The van der Waals surface area contributed by atoms with Crippen LogP contribution in [0.3, 0.4) is 0 Å². The summed E-state index contributed by atoms with van der Waals surface area (Å²) in [7, 11) is -3.46. The van der Waals surface area contributed by atoms with Crippen molar-refractivity contribution in [2.45, 2.75) is 6.92 Å². The van der Waals surface area contributed by atoms with Crippen LogP contribution in [0.15, 0.2) is 18.2 Å². The molecule has 9 heteroatoms. The van der Waals surface area contributed by atoms with Crippen LogP contribution in [0.25, 0.3) is 0 Å². The Bertz CT molecular complexity index is 654. The van der Waals surface area contributed by atoms with Crippen molar-refractivity contribution in [2.24, 2.45) is 5.14 Å². The van der Waals surface area contributed by atoms with E-state index in [1.807, 2.05) is 22.8 Å². The van der Waals surface area contributed by atoms with Gasteiger partial charge in [-0.25, -0.2) is 13.6 Å². The summed E-state index contributed by atoms with van der Waals surface area (Å²) in [6.07, 6.45) is 0. The summed E-state index contributed by atoms with van der Waals surface area (Å²) in [5, 5.41) is 16.2. The minimum atomic E-state index is -3.46. The molecule has 1 aliphatic heterocycles. The van der Waals surface area contributed by atoms with E-state index in [2.05, 4.69) is 0 Å². The molecule has 1 heterocycles. The fraction of sp³-hybridized carbons (Fsp3) is 0.538. The van der Waals surface area contributed by atoms with Gasteiger partial charge in [0.1, 0.15) is 5.69 Å². The molecule has 0 unspecified atom stereocenters. The molecule has 0 atom stereocenters. The lowest BCUT2D eigenvalue weighted by molar-refractivity contribution is -0.384. The van der Waals surface area contributed by atoms with Gasteiger partial charge in [-0.15, -0.1) is 0 Å². The minimum absolute atomic E-state index is 0.0717. The minimum Gasteiger partial charge on any atom is -0.363 e. The normalized spacial score (nSPS) is 16.7. The van der Waals surface area contributed by atoms with E-state index in [4.69, 9.17) is 5.14 Å². The maximum absolute atomic E-state index is 11.2. The molecule has 1 aromatic carbocycles. The lowest BCUT2D eigenvalue weighted by Crippen LogP contribution is -2.48. The van der Waals surface area contributed by atoms with Gasteiger partial charge in [0.05, 0.1) is 10.7 Å². The van der Waals surface area contributed by atoms with E-state index >= 15 is 0 Å². The van der Waals surface area contributed by atoms with E-state index in [1.54, 1.807) is 12.1 Å². The molecule has 122 valence electrons. The van der Waals surface area contributed by atoms with Crippen molar-refractivity contribution in [3.8, 4) is 0 Å². The van der Waals surface area contributed by atoms with Crippen molar-refractivity contribution in [3.05, 3.63) is 33.9 Å². The highest BCUT2D eigenvalue weighted by Crippen LogP contribution is 2.29. The van der Waals surface area contributed by atoms with Crippen LogP contribution in [0.4, 0.5) is 11.4 Å². The van der Waals surface area contributed by atoms with E-state index in [9.17, 15) is 18.5 Å². The molecule has 0 saturated carbocycles. The Labute approximate surface area is 129 Å². The monoisotopic (exact) mass is 328 g/mol. The summed E-state index contributed by atoms with van der Waals surface area (Å²) < 4.78 is 22.0. The Kier molecular flexibility index (Phi) is 4.99. The number of benzene rings is 1. The maximum atomic E-state index is 11.2. The Morgan fingerprint density at radius 1 is 1.27 bits per heavy atom. The Morgan fingerprint density at radius 3 is 2.45 bits per heavy atom. The van der Waals surface area contributed by atoms with Crippen LogP contribution in [0.2, 0.25) is 0 Å². The maximum Gasteiger partial charge on any atom is 0.292 e. The van der Waals surface area contributed by atoms with Crippen LogP contribution < -0.4 is 10.0 Å². The first-order valence-electron chi connectivity index (χ1n) is 6.99. The van der Waals surface area contributed by atoms with Crippen LogP contribution in [-0.4, -0.2) is 56.7 Å². The Balaban J connectivity index is 2.01. The molecular weight excluding hydrogens is 308 g/mol. The van der Waals surface area contributed by atoms with Gasteiger partial charge in [-0.1, -0.05) is 6.07 Å². The molecule has 0 aliphatic carbocycles. The van der Waals surface area contributed by atoms with Crippen molar-refractivity contribution in [1.29, 1.82) is 0 Å². The van der Waals surface area contributed by atoms with Gasteiger partial charge in [0, 0.05) is 38.8 Å². The zero-order chi connectivity index (χ0) is 16.3. The molecule has 2 rings (SSSR count). The van der Waals surface area contributed by atoms with Gasteiger partial charge in [0.15, 0.2) is 0 Å². The number of nitrogens with zero attached hydrogens (tertiary/aromatic N) is 3. The lowest BCUT2D eigenvalue weighted by Gasteiger charge is -2.35. The van der Waals surface area contributed by atoms with Crippen LogP contribution in [-0.2, 0) is 10.0 Å². The summed E-state index contributed by atoms with van der Waals surface area (Å²) in [5.41, 5.74) is 1.57. The highest BCUT2D eigenvalue weighted by Gasteiger charge is 2.24. The van der Waals surface area contributed by atoms with E-state index in [0.717, 1.165) is 5.56 Å². The van der Waals surface area contributed by atoms with Crippen molar-refractivity contribution in [3.63, 3.8) is 0 Å². The molecular formula is C13H20N4O4S. The second-order valence-corrected chi connectivity index (χ2v) is 7.18. The third-order valence-electron chi connectivity index (χ3n) is 3.73. The largest absolute Gasteiger partial charge is 0.363 e. The van der Waals surface area contributed by atoms with Crippen LogP contribution >= 0.6 is 0 Å². The number of primary sulfonamides is 1. The smallest absolute Gasteiger partial charge is 0.292 e. The second-order valence-electron chi connectivity index (χ2n) is 5.44. The number of nitrogens with two attached hydrogens (primary N) is 1. The van der Waals surface area contributed by atoms with Gasteiger partial charge >= 0.3 is 0 Å². The first-order chi connectivity index (χ1) is 10.3. The molecule has 8 nitrogen and oxygen atoms in total. The third-order valence-corrected chi connectivity index (χ3v) is 4.48. The average molecular weight is 328 g/mol. The number of anilines is 1. The van der Waals surface area contributed by atoms with Crippen molar-refractivity contribution < 1.29 is 13.3 Å². The number of rotatable bonds is 5. The van der Waals surface area contributed by atoms with E-state index in [-0.39, 0.29) is 16.4 Å². The van der Waals surface area contributed by atoms with Gasteiger partial charge in [0.25, 0.3) is 5.69 Å². The van der Waals surface area contributed by atoms with Crippen molar-refractivity contribution in [2.75, 3.05) is 43.4 Å². The topological polar surface area (TPSA) is 110 Å². The SMILES string of the molecule is Cc1ccc(N2CCN(CCS(N)(=O)=O)CC2)c([N+](=O)[O-])c1. The first kappa shape index (κ1) is 16.7. The molecule has 2 N–H and O–H groups in total. The van der Waals surface area contributed by atoms with Gasteiger partial charge in [0.2, 0.25) is 10.0 Å². The number of sulfonamides is 1. The predicted molar refractivity (Wildman–Crippen MR) is 84.5 cm³/mol. The van der Waals surface area contributed by atoms with Crippen LogP contribution in [0, 0.1) is 17.0 Å². The Hall–Kier alpha value is -1.71. The van der Waals surface area contributed by atoms with E-state index in [0.29, 0.717) is 38.4 Å². The van der Waals surface area contributed by atoms with E-state index < -0.39 is 10.0 Å². The summed E-state index contributed by atoms with van der Waals surface area (Å²) in [5.74, 6) is -0.0717. The fourth-order valence-corrected chi connectivity index (χ4v) is 3.03. The highest BCUT2D eigenvalue weighted by atomic mass is 32.2. The number of hydrogen-bond donors (Lipinski definition) is 1. The number of aryl methyl sites for hydroxylation is 1. The molecule has 0 bridgehead atoms. The average Bonchev–Trinajstić information content (AvgIpc) is 2.45. The molecule has 0 radical (unpaired) electrons. The summed E-state index contributed by atoms with van der Waals surface area (Å²) >= 11 is 0. The predicted octanol–water partition coefficient (Wildman–Crippen LogP) is 0.314. The molecule has 1 aromatic rings. The summed E-state index contributed by atoms with van der Waals surface area (Å²) in [6.45, 7) is 4.76. The van der Waals surface area contributed by atoms with E-state index in [1.165, 1.54) is 0 Å². The molecule has 0 aromatic heterocycles. The zero-order valence-electron chi connectivity index (χ0n) is 12.4. The summed E-state index contributed by atoms with van der Waals surface area (Å²) in [6, 6.07) is 5.20.